The van der Waals surface area contributed by atoms with Crippen molar-refractivity contribution in [3.8, 4) is 0 Å². The van der Waals surface area contributed by atoms with Gasteiger partial charge in [-0.15, -0.1) is 0 Å². The van der Waals surface area contributed by atoms with Crippen molar-refractivity contribution < 1.29 is 9.53 Å². The Hall–Kier alpha value is -2.47. The maximum atomic E-state index is 12.1. The molecule has 0 saturated carbocycles. The largest absolute Gasteiger partial charge is 0.378 e. The van der Waals surface area contributed by atoms with Crippen molar-refractivity contribution in [3.05, 3.63) is 53.5 Å². The smallest absolute Gasteiger partial charge is 0.253 e. The summed E-state index contributed by atoms with van der Waals surface area (Å²) in [5, 5.41) is 2.91. The van der Waals surface area contributed by atoms with Gasteiger partial charge in [-0.25, -0.2) is 4.98 Å². The average molecular weight is 312 g/mol. The Morgan fingerprint density at radius 2 is 2.09 bits per heavy atom. The van der Waals surface area contributed by atoms with Crippen LogP contribution in [0.3, 0.4) is 0 Å². The van der Waals surface area contributed by atoms with E-state index in [1.54, 1.807) is 18.5 Å². The number of hydrogen-bond donors (Lipinski definition) is 1. The molecule has 0 bridgehead atoms. The number of hydrogen-bond acceptors (Lipinski definition) is 5. The summed E-state index contributed by atoms with van der Waals surface area (Å²) in [5.41, 5.74) is 2.49. The molecule has 3 rings (SSSR count). The minimum Gasteiger partial charge on any atom is -0.378 e. The summed E-state index contributed by atoms with van der Waals surface area (Å²) >= 11 is 0. The number of amides is 1. The van der Waals surface area contributed by atoms with Crippen molar-refractivity contribution in [2.75, 3.05) is 31.2 Å². The Morgan fingerprint density at radius 3 is 2.83 bits per heavy atom. The number of aromatic nitrogens is 2. The predicted molar refractivity (Wildman–Crippen MR) is 87.4 cm³/mol. The van der Waals surface area contributed by atoms with Gasteiger partial charge in [-0.1, -0.05) is 0 Å². The molecule has 1 N–H and O–H groups in total. The third-order valence-corrected chi connectivity index (χ3v) is 3.77. The van der Waals surface area contributed by atoms with Crippen LogP contribution in [0.5, 0.6) is 0 Å². The van der Waals surface area contributed by atoms with Crippen molar-refractivity contribution in [1.82, 2.24) is 15.3 Å². The van der Waals surface area contributed by atoms with E-state index in [1.807, 2.05) is 25.1 Å². The Labute approximate surface area is 135 Å². The van der Waals surface area contributed by atoms with E-state index in [4.69, 9.17) is 4.74 Å². The third-order valence-electron chi connectivity index (χ3n) is 3.77. The normalized spacial score (nSPS) is 14.6. The molecule has 6 heteroatoms. The van der Waals surface area contributed by atoms with E-state index in [9.17, 15) is 4.79 Å². The zero-order valence-electron chi connectivity index (χ0n) is 13.2. The molecule has 0 aliphatic carbocycles. The number of carbonyl (C=O) groups is 1. The number of morpholine rings is 1. The highest BCUT2D eigenvalue weighted by Crippen LogP contribution is 2.14. The topological polar surface area (TPSA) is 67.4 Å². The molecule has 120 valence electrons. The fourth-order valence-electron chi connectivity index (χ4n) is 2.42. The summed E-state index contributed by atoms with van der Waals surface area (Å²) in [4.78, 5) is 22.9. The molecule has 1 amide bonds. The van der Waals surface area contributed by atoms with Crippen molar-refractivity contribution >= 4 is 11.7 Å². The fourth-order valence-corrected chi connectivity index (χ4v) is 2.42. The van der Waals surface area contributed by atoms with Gasteiger partial charge in [0.2, 0.25) is 0 Å². The first kappa shape index (κ1) is 15.4. The van der Waals surface area contributed by atoms with Gasteiger partial charge < -0.3 is 15.0 Å². The summed E-state index contributed by atoms with van der Waals surface area (Å²) in [6.45, 7) is 5.50. The molecule has 3 heterocycles. The standard InChI is InChI=1S/C17H20N4O2/c1-13-2-3-15(12-19-13)17(22)20-11-14-4-5-18-16(10-14)21-6-8-23-9-7-21/h2-5,10,12H,6-9,11H2,1H3,(H,20,22). The van der Waals surface area contributed by atoms with Gasteiger partial charge >= 0.3 is 0 Å². The van der Waals surface area contributed by atoms with Crippen LogP contribution in [-0.2, 0) is 11.3 Å². The van der Waals surface area contributed by atoms with Crippen LogP contribution in [0.2, 0.25) is 0 Å². The van der Waals surface area contributed by atoms with Crippen molar-refractivity contribution in [2.24, 2.45) is 0 Å². The molecule has 0 atom stereocenters. The molecule has 23 heavy (non-hydrogen) atoms. The van der Waals surface area contributed by atoms with E-state index in [2.05, 4.69) is 20.2 Å². The molecule has 1 saturated heterocycles. The number of anilines is 1. The summed E-state index contributed by atoms with van der Waals surface area (Å²) in [7, 11) is 0. The highest BCUT2D eigenvalue weighted by molar-refractivity contribution is 5.93. The first-order valence-corrected chi connectivity index (χ1v) is 7.71. The zero-order chi connectivity index (χ0) is 16.1. The zero-order valence-corrected chi connectivity index (χ0v) is 13.2. The number of nitrogens with one attached hydrogen (secondary N) is 1. The van der Waals surface area contributed by atoms with Gasteiger partial charge in [0.25, 0.3) is 5.91 Å². The van der Waals surface area contributed by atoms with Crippen LogP contribution in [0.1, 0.15) is 21.6 Å². The van der Waals surface area contributed by atoms with Gasteiger partial charge in [0.1, 0.15) is 5.82 Å². The Bertz CT molecular complexity index is 667. The van der Waals surface area contributed by atoms with Gasteiger partial charge in [0, 0.05) is 37.7 Å². The number of ether oxygens (including phenoxy) is 1. The van der Waals surface area contributed by atoms with Crippen molar-refractivity contribution in [3.63, 3.8) is 0 Å². The maximum Gasteiger partial charge on any atom is 0.253 e. The second-order valence-electron chi connectivity index (χ2n) is 5.49. The third kappa shape index (κ3) is 4.04. The molecule has 1 aliphatic heterocycles. The minimum absolute atomic E-state index is 0.123. The van der Waals surface area contributed by atoms with Crippen molar-refractivity contribution in [1.29, 1.82) is 0 Å². The van der Waals surface area contributed by atoms with Crippen LogP contribution in [0.15, 0.2) is 36.7 Å². The van der Waals surface area contributed by atoms with E-state index in [1.165, 1.54) is 0 Å². The summed E-state index contributed by atoms with van der Waals surface area (Å²) in [6.07, 6.45) is 3.37. The lowest BCUT2D eigenvalue weighted by molar-refractivity contribution is 0.0950. The predicted octanol–water partition coefficient (Wildman–Crippen LogP) is 1.55. The highest BCUT2D eigenvalue weighted by Gasteiger charge is 2.13. The van der Waals surface area contributed by atoms with Crippen LogP contribution in [0, 0.1) is 6.92 Å². The molecule has 2 aromatic heterocycles. The van der Waals surface area contributed by atoms with E-state index in [0.717, 1.165) is 43.4 Å². The first-order chi connectivity index (χ1) is 11.2. The molecule has 1 fully saturated rings. The van der Waals surface area contributed by atoms with Gasteiger partial charge in [-0.3, -0.25) is 9.78 Å². The second kappa shape index (κ2) is 7.19. The number of carbonyl (C=O) groups excluding carboxylic acids is 1. The van der Waals surface area contributed by atoms with E-state index < -0.39 is 0 Å². The molecule has 0 unspecified atom stereocenters. The van der Waals surface area contributed by atoms with Crippen LogP contribution in [-0.4, -0.2) is 42.2 Å². The summed E-state index contributed by atoms with van der Waals surface area (Å²) in [5.74, 6) is 0.805. The van der Waals surface area contributed by atoms with Crippen LogP contribution in [0.4, 0.5) is 5.82 Å². The van der Waals surface area contributed by atoms with Gasteiger partial charge in [-0.05, 0) is 36.8 Å². The lowest BCUT2D eigenvalue weighted by Gasteiger charge is -2.28. The van der Waals surface area contributed by atoms with Crippen LogP contribution >= 0.6 is 0 Å². The van der Waals surface area contributed by atoms with Gasteiger partial charge in [0.05, 0.1) is 18.8 Å². The molecular weight excluding hydrogens is 292 g/mol. The SMILES string of the molecule is Cc1ccc(C(=O)NCc2ccnc(N3CCOCC3)c2)cn1. The Kier molecular flexibility index (Phi) is 4.83. The number of pyridine rings is 2. The fraction of sp³-hybridized carbons (Fsp3) is 0.353. The molecule has 0 radical (unpaired) electrons. The van der Waals surface area contributed by atoms with E-state index >= 15 is 0 Å². The van der Waals surface area contributed by atoms with E-state index in [-0.39, 0.29) is 5.91 Å². The molecular formula is C17H20N4O2. The lowest BCUT2D eigenvalue weighted by Crippen LogP contribution is -2.36. The monoisotopic (exact) mass is 312 g/mol. The van der Waals surface area contributed by atoms with Crippen LogP contribution < -0.4 is 10.2 Å². The second-order valence-corrected chi connectivity index (χ2v) is 5.49. The minimum atomic E-state index is -0.123. The molecule has 1 aliphatic rings. The summed E-state index contributed by atoms with van der Waals surface area (Å²) < 4.78 is 5.36. The van der Waals surface area contributed by atoms with Gasteiger partial charge in [-0.2, -0.15) is 0 Å². The number of nitrogens with zero attached hydrogens (tertiary/aromatic N) is 3. The lowest BCUT2D eigenvalue weighted by atomic mass is 10.2. The van der Waals surface area contributed by atoms with Crippen LogP contribution in [0.25, 0.3) is 0 Å². The average Bonchev–Trinajstić information content (AvgIpc) is 2.61. The number of rotatable bonds is 4. The first-order valence-electron chi connectivity index (χ1n) is 7.71. The van der Waals surface area contributed by atoms with E-state index in [0.29, 0.717) is 12.1 Å². The Morgan fingerprint density at radius 1 is 1.26 bits per heavy atom. The highest BCUT2D eigenvalue weighted by atomic mass is 16.5. The molecule has 2 aromatic rings. The van der Waals surface area contributed by atoms with Gasteiger partial charge in [0.15, 0.2) is 0 Å². The quantitative estimate of drug-likeness (QED) is 0.928. The molecule has 0 spiro atoms. The molecule has 0 aromatic carbocycles. The number of aryl methyl sites for hydroxylation is 1. The van der Waals surface area contributed by atoms with Crippen molar-refractivity contribution in [2.45, 2.75) is 13.5 Å². The maximum absolute atomic E-state index is 12.1. The Balaban J connectivity index is 1.61. The summed E-state index contributed by atoms with van der Waals surface area (Å²) in [6, 6.07) is 7.54. The molecule has 6 nitrogen and oxygen atoms in total.